The molecule has 0 atom stereocenters. The lowest BCUT2D eigenvalue weighted by Gasteiger charge is -2.09. The van der Waals surface area contributed by atoms with Crippen molar-refractivity contribution >= 4 is 5.69 Å². The first-order chi connectivity index (χ1) is 18.3. The van der Waals surface area contributed by atoms with Crippen LogP contribution >= 0.6 is 0 Å². The Hall–Kier alpha value is -1.54. The Morgan fingerprint density at radius 1 is 0.432 bits per heavy atom. The van der Waals surface area contributed by atoms with Crippen LogP contribution in [0.4, 0.5) is 5.69 Å². The van der Waals surface area contributed by atoms with Gasteiger partial charge in [0.2, 0.25) is 0 Å². The molecule has 1 aromatic carbocycles. The molecule has 1 aromatic rings. The van der Waals surface area contributed by atoms with E-state index in [1.165, 1.54) is 0 Å². The number of hydrogen-bond acceptors (Lipinski definition) is 11. The monoisotopic (exact) mass is 533 g/mol. The van der Waals surface area contributed by atoms with Gasteiger partial charge in [-0.3, -0.25) is 0 Å². The Morgan fingerprint density at radius 3 is 1.05 bits per heavy atom. The van der Waals surface area contributed by atoms with Gasteiger partial charge in [0.1, 0.15) is 12.4 Å². The summed E-state index contributed by atoms with van der Waals surface area (Å²) in [5, 5.41) is 0. The lowest BCUT2D eigenvalue weighted by atomic mass is 10.3. The zero-order chi connectivity index (χ0) is 26.5. The van der Waals surface area contributed by atoms with Crippen LogP contribution in [0.15, 0.2) is 24.3 Å². The van der Waals surface area contributed by atoms with Gasteiger partial charge < -0.3 is 53.1 Å². The Morgan fingerprint density at radius 2 is 0.730 bits per heavy atom. The van der Waals surface area contributed by atoms with Crippen molar-refractivity contribution in [2.45, 2.75) is 6.92 Å². The minimum Gasteiger partial charge on any atom is -0.489 e. The summed E-state index contributed by atoms with van der Waals surface area (Å²) in [6.07, 6.45) is 0. The van der Waals surface area contributed by atoms with Crippen LogP contribution in [0, 0.1) is 0 Å². The third-order valence-corrected chi connectivity index (χ3v) is 4.58. The van der Waals surface area contributed by atoms with Crippen molar-refractivity contribution in [1.82, 2.24) is 0 Å². The topological polar surface area (TPSA) is 118 Å². The third kappa shape index (κ3) is 23.3. The SMILES string of the molecule is CCOCCOCCOCCOCCOCCOCCOCCOCCOCCOc1ccccc1N. The van der Waals surface area contributed by atoms with Gasteiger partial charge >= 0.3 is 0 Å². The highest BCUT2D eigenvalue weighted by molar-refractivity contribution is 5.51. The van der Waals surface area contributed by atoms with Gasteiger partial charge in [0.25, 0.3) is 0 Å². The van der Waals surface area contributed by atoms with Gasteiger partial charge in [-0.1, -0.05) is 12.1 Å². The van der Waals surface area contributed by atoms with Gasteiger partial charge in [0.15, 0.2) is 0 Å². The second kappa shape index (κ2) is 27.5. The van der Waals surface area contributed by atoms with E-state index in [-0.39, 0.29) is 0 Å². The maximum atomic E-state index is 5.81. The second-order valence-electron chi connectivity index (χ2n) is 7.48. The van der Waals surface area contributed by atoms with Crippen LogP contribution in [0.1, 0.15) is 6.92 Å². The summed E-state index contributed by atoms with van der Waals surface area (Å²) in [5.41, 5.74) is 6.43. The highest BCUT2D eigenvalue weighted by atomic mass is 16.6. The minimum atomic E-state index is 0.443. The van der Waals surface area contributed by atoms with E-state index >= 15 is 0 Å². The number of ether oxygens (including phenoxy) is 10. The van der Waals surface area contributed by atoms with Crippen LogP contribution in [-0.4, -0.2) is 126 Å². The van der Waals surface area contributed by atoms with Gasteiger partial charge in [-0.2, -0.15) is 0 Å². The van der Waals surface area contributed by atoms with E-state index in [0.717, 1.165) is 0 Å². The van der Waals surface area contributed by atoms with E-state index in [1.54, 1.807) is 6.07 Å². The van der Waals surface area contributed by atoms with Crippen molar-refractivity contribution in [3.8, 4) is 5.75 Å². The van der Waals surface area contributed by atoms with E-state index in [2.05, 4.69) is 0 Å². The number of nitrogens with two attached hydrogens (primary N) is 1. The Kier molecular flexibility index (Phi) is 24.9. The first kappa shape index (κ1) is 33.5. The molecule has 0 radical (unpaired) electrons. The first-order valence-electron chi connectivity index (χ1n) is 13.0. The summed E-state index contributed by atoms with van der Waals surface area (Å²) in [4.78, 5) is 0. The molecule has 0 spiro atoms. The normalized spacial score (nSPS) is 11.3. The van der Waals surface area contributed by atoms with E-state index < -0.39 is 0 Å². The molecule has 11 heteroatoms. The molecule has 0 saturated carbocycles. The van der Waals surface area contributed by atoms with Gasteiger partial charge in [-0.25, -0.2) is 0 Å². The zero-order valence-electron chi connectivity index (χ0n) is 22.4. The molecule has 0 aromatic heterocycles. The predicted molar refractivity (Wildman–Crippen MR) is 139 cm³/mol. The molecule has 0 fully saturated rings. The fourth-order valence-corrected chi connectivity index (χ4v) is 2.73. The fraction of sp³-hybridized carbons (Fsp3) is 0.769. The Bertz CT molecular complexity index is 596. The maximum Gasteiger partial charge on any atom is 0.142 e. The molecular formula is C26H47NO10. The summed E-state index contributed by atoms with van der Waals surface area (Å²) in [5.74, 6) is 0.672. The minimum absolute atomic E-state index is 0.443. The third-order valence-electron chi connectivity index (χ3n) is 4.58. The van der Waals surface area contributed by atoms with Crippen molar-refractivity contribution in [3.63, 3.8) is 0 Å². The summed E-state index contributed by atoms with van der Waals surface area (Å²) in [7, 11) is 0. The molecule has 0 saturated heterocycles. The van der Waals surface area contributed by atoms with Crippen LogP contribution in [0.2, 0.25) is 0 Å². The van der Waals surface area contributed by atoms with E-state index in [0.29, 0.717) is 137 Å². The van der Waals surface area contributed by atoms with Gasteiger partial charge in [0, 0.05) is 6.61 Å². The largest absolute Gasteiger partial charge is 0.489 e. The standard InChI is InChI=1S/C26H47NO10/c1-2-28-7-8-29-9-10-30-11-12-31-13-14-32-15-16-33-17-18-34-19-20-35-21-22-36-23-24-37-26-6-4-3-5-25(26)27/h3-6H,2,7-24,27H2,1H3. The average molecular weight is 534 g/mol. The van der Waals surface area contributed by atoms with Gasteiger partial charge in [-0.05, 0) is 19.1 Å². The molecule has 0 aliphatic heterocycles. The van der Waals surface area contributed by atoms with Gasteiger partial charge in [-0.15, -0.1) is 0 Å². The van der Waals surface area contributed by atoms with Gasteiger partial charge in [0.05, 0.1) is 118 Å². The summed E-state index contributed by atoms with van der Waals surface area (Å²) < 4.78 is 54.2. The zero-order valence-corrected chi connectivity index (χ0v) is 22.4. The highest BCUT2D eigenvalue weighted by Crippen LogP contribution is 2.19. The molecule has 216 valence electrons. The molecule has 0 aliphatic rings. The van der Waals surface area contributed by atoms with Crippen molar-refractivity contribution in [2.75, 3.05) is 131 Å². The lowest BCUT2D eigenvalue weighted by molar-refractivity contribution is -0.0252. The molecule has 2 N–H and O–H groups in total. The average Bonchev–Trinajstić information content (AvgIpc) is 2.91. The Labute approximate surface area is 221 Å². The number of hydrogen-bond donors (Lipinski definition) is 1. The first-order valence-corrected chi connectivity index (χ1v) is 13.0. The molecule has 0 amide bonds. The number of benzene rings is 1. The van der Waals surface area contributed by atoms with E-state index in [1.807, 2.05) is 25.1 Å². The molecule has 1 rings (SSSR count). The molecule has 0 heterocycles. The Balaban J connectivity index is 1.65. The number of anilines is 1. The molecule has 0 unspecified atom stereocenters. The van der Waals surface area contributed by atoms with Crippen molar-refractivity contribution in [1.29, 1.82) is 0 Å². The van der Waals surface area contributed by atoms with Crippen LogP contribution in [0.3, 0.4) is 0 Å². The summed E-state index contributed by atoms with van der Waals surface area (Å²) in [6.45, 7) is 12.1. The number of rotatable bonds is 29. The van der Waals surface area contributed by atoms with Crippen molar-refractivity contribution in [3.05, 3.63) is 24.3 Å². The number of nitrogen functional groups attached to an aromatic ring is 1. The van der Waals surface area contributed by atoms with Crippen molar-refractivity contribution in [2.24, 2.45) is 0 Å². The smallest absolute Gasteiger partial charge is 0.142 e. The second-order valence-corrected chi connectivity index (χ2v) is 7.48. The summed E-state index contributed by atoms with van der Waals surface area (Å²) >= 11 is 0. The molecular weight excluding hydrogens is 486 g/mol. The van der Waals surface area contributed by atoms with Crippen LogP contribution in [0.25, 0.3) is 0 Å². The maximum absolute atomic E-state index is 5.81. The fourth-order valence-electron chi connectivity index (χ4n) is 2.73. The molecule has 0 bridgehead atoms. The lowest BCUT2D eigenvalue weighted by Crippen LogP contribution is -2.15. The summed E-state index contributed by atoms with van der Waals surface area (Å²) in [6, 6.07) is 7.38. The van der Waals surface area contributed by atoms with Crippen LogP contribution < -0.4 is 10.5 Å². The number of para-hydroxylation sites is 2. The van der Waals surface area contributed by atoms with E-state index in [9.17, 15) is 0 Å². The van der Waals surface area contributed by atoms with Crippen molar-refractivity contribution < 1.29 is 47.4 Å². The van der Waals surface area contributed by atoms with E-state index in [4.69, 9.17) is 53.1 Å². The molecule has 37 heavy (non-hydrogen) atoms. The molecule has 0 aliphatic carbocycles. The highest BCUT2D eigenvalue weighted by Gasteiger charge is 1.98. The quantitative estimate of drug-likeness (QED) is 0.120. The van der Waals surface area contributed by atoms with Crippen LogP contribution in [-0.2, 0) is 42.6 Å². The molecule has 11 nitrogen and oxygen atoms in total. The predicted octanol–water partition coefficient (Wildman–Crippen LogP) is 1.82. The van der Waals surface area contributed by atoms with Crippen LogP contribution in [0.5, 0.6) is 5.75 Å².